The number of hydrogen-bond donors (Lipinski definition) is 1. The van der Waals surface area contributed by atoms with E-state index in [4.69, 9.17) is 14.2 Å². The number of carboxylic acid groups (broad SMARTS) is 1. The summed E-state index contributed by atoms with van der Waals surface area (Å²) < 4.78 is 12.7. The van der Waals surface area contributed by atoms with Crippen LogP contribution in [0.5, 0.6) is 0 Å². The molecular weight excluding hydrogens is 1150 g/mol. The van der Waals surface area contributed by atoms with Crippen molar-refractivity contribution in [2.24, 2.45) is 16.2 Å². The van der Waals surface area contributed by atoms with Gasteiger partial charge in [-0.2, -0.15) is 0 Å². The van der Waals surface area contributed by atoms with Gasteiger partial charge in [0.25, 0.3) is 0 Å². The highest BCUT2D eigenvalue weighted by atomic mass is 79.9. The second kappa shape index (κ2) is 15.1. The van der Waals surface area contributed by atoms with Gasteiger partial charge in [0.05, 0.1) is 22.3 Å². The Morgan fingerprint density at radius 2 is 0.762 bits per heavy atom. The van der Waals surface area contributed by atoms with Crippen molar-refractivity contribution < 1.29 is 38.5 Å². The first kappa shape index (κ1) is 41.4. The molecule has 8 nitrogen and oxygen atoms in total. The number of esters is 3. The van der Waals surface area contributed by atoms with Crippen LogP contribution in [-0.2, 0) is 14.2 Å². The van der Waals surface area contributed by atoms with E-state index >= 15 is 0 Å². The van der Waals surface area contributed by atoms with E-state index in [9.17, 15) is 24.3 Å². The fraction of sp³-hybridized carbons (Fsp3) is 0.600. The lowest BCUT2D eigenvalue weighted by Gasteiger charge is -2.37. The molecule has 0 saturated carbocycles. The molecule has 1 N–H and O–H groups in total. The summed E-state index contributed by atoms with van der Waals surface area (Å²) >= 11 is 30.2. The molecule has 0 atom stereocenters. The predicted molar refractivity (Wildman–Crippen MR) is 194 cm³/mol. The number of ether oxygens (including phenoxy) is 3. The first-order valence-electron chi connectivity index (χ1n) is 11.7. The molecule has 17 heteroatoms. The highest BCUT2D eigenvalue weighted by Gasteiger charge is 2.48. The maximum Gasteiger partial charge on any atom is 0.341 e. The van der Waals surface area contributed by atoms with Crippen LogP contribution < -0.4 is 0 Å². The maximum absolute atomic E-state index is 13.7. The summed E-state index contributed by atoms with van der Waals surface area (Å²) in [5.74, 6) is -4.78. The lowest BCUT2D eigenvalue weighted by molar-refractivity contribution is 0.0176. The van der Waals surface area contributed by atoms with E-state index in [0.29, 0.717) is 16.0 Å². The predicted octanol–water partition coefficient (Wildman–Crippen LogP) is 10.4. The summed E-state index contributed by atoms with van der Waals surface area (Å²) in [4.78, 5) is 53.0. The van der Waals surface area contributed by atoms with E-state index < -0.39 is 72.6 Å². The van der Waals surface area contributed by atoms with Crippen LogP contribution in [0.3, 0.4) is 0 Å². The third-order valence-corrected chi connectivity index (χ3v) is 17.7. The number of carbonyl (C=O) groups excluding carboxylic acids is 3. The molecule has 42 heavy (non-hydrogen) atoms. The van der Waals surface area contributed by atoms with E-state index in [1.54, 1.807) is 41.5 Å². The van der Waals surface area contributed by atoms with Crippen molar-refractivity contribution in [2.45, 2.75) is 51.8 Å². The van der Waals surface area contributed by atoms with Crippen molar-refractivity contribution in [2.75, 3.05) is 16.0 Å². The van der Waals surface area contributed by atoms with E-state index in [1.165, 1.54) is 0 Å². The largest absolute Gasteiger partial charge is 0.478 e. The summed E-state index contributed by atoms with van der Waals surface area (Å²) in [6, 6.07) is 1.83. The lowest BCUT2D eigenvalue weighted by Crippen LogP contribution is -2.41. The van der Waals surface area contributed by atoms with Gasteiger partial charge in [-0.3, -0.25) is 0 Å². The molecule has 0 aliphatic carbocycles. The monoisotopic (exact) mass is 1170 g/mol. The quantitative estimate of drug-likeness (QED) is 0.118. The molecule has 0 aliphatic heterocycles. The van der Waals surface area contributed by atoms with E-state index in [-0.39, 0.29) is 0 Å². The van der Waals surface area contributed by atoms with Gasteiger partial charge in [-0.1, -0.05) is 89.3 Å². The molecule has 0 heterocycles. The summed E-state index contributed by atoms with van der Waals surface area (Å²) in [6.07, 6.45) is 0. The molecule has 0 bridgehead atoms. The van der Waals surface area contributed by atoms with Crippen molar-refractivity contribution in [3.05, 3.63) is 34.4 Å². The van der Waals surface area contributed by atoms with Gasteiger partial charge in [-0.25, -0.2) is 19.2 Å². The molecule has 0 fully saturated rings. The Labute approximate surface area is 320 Å². The molecule has 0 saturated heterocycles. The van der Waals surface area contributed by atoms with Crippen molar-refractivity contribution in [1.29, 1.82) is 0 Å². The Morgan fingerprint density at radius 3 is 0.976 bits per heavy atom. The molecule has 0 aromatic heterocycles. The molecule has 1 rings (SSSR count). The molecule has 1 aromatic carbocycles. The number of carbonyl (C=O) groups is 4. The van der Waals surface area contributed by atoms with Gasteiger partial charge in [0, 0.05) is 32.2 Å². The first-order chi connectivity index (χ1) is 18.7. The van der Waals surface area contributed by atoms with E-state index in [0.717, 1.165) is 12.1 Å². The van der Waals surface area contributed by atoms with Crippen LogP contribution in [0.1, 0.15) is 83.0 Å². The number of hydrogen-bond acceptors (Lipinski definition) is 7. The lowest BCUT2D eigenvalue weighted by atomic mass is 9.96. The SMILES string of the molecule is CC(C)(CBr)C(Br)(Br)OC(=O)c1cc(C(=O)OC(Br)(Br)C(C)(C)CBr)c(C(=O)OC(Br)(Br)C(C)(C)CBr)cc1C(=O)O. The second-order valence-corrected chi connectivity index (χ2v) is 22.6. The zero-order valence-corrected chi connectivity index (χ0v) is 37.3. The standard InChI is InChI=1S/C25H27Br9O8/c1-20(2,9-26)23(29,30)40-17(37)13-8-15(19(39)42-25(33,34)22(5,6)11-28)14(7-12(13)16(35)36)18(38)41-24(31,32)21(3,4)10-27/h7-8H,9-11H2,1-6H3,(H,35,36). The molecule has 1 aromatic rings. The number of carboxylic acids is 1. The van der Waals surface area contributed by atoms with Gasteiger partial charge in [-0.15, -0.1) is 0 Å². The van der Waals surface area contributed by atoms with Crippen LogP contribution in [0.15, 0.2) is 12.1 Å². The zero-order valence-electron chi connectivity index (χ0n) is 23.0. The van der Waals surface area contributed by atoms with Crippen molar-refractivity contribution in [3.63, 3.8) is 0 Å². The summed E-state index contributed by atoms with van der Waals surface area (Å²) in [7, 11) is 0. The van der Waals surface area contributed by atoms with E-state index in [2.05, 4.69) is 143 Å². The highest BCUT2D eigenvalue weighted by Crippen LogP contribution is 2.49. The Morgan fingerprint density at radius 1 is 0.548 bits per heavy atom. The number of aromatic carboxylic acids is 1. The zero-order chi connectivity index (χ0) is 33.3. The fourth-order valence-corrected chi connectivity index (χ4v) is 7.61. The molecule has 238 valence electrons. The summed E-state index contributed by atoms with van der Waals surface area (Å²) in [5.41, 5.74) is -4.16. The summed E-state index contributed by atoms with van der Waals surface area (Å²) in [6.45, 7) is 10.7. The van der Waals surface area contributed by atoms with Gasteiger partial charge >= 0.3 is 23.9 Å². The molecule has 0 unspecified atom stereocenters. The van der Waals surface area contributed by atoms with Gasteiger partial charge in [0.2, 0.25) is 10.3 Å². The smallest absolute Gasteiger partial charge is 0.341 e. The highest BCUT2D eigenvalue weighted by molar-refractivity contribution is 9.26. The van der Waals surface area contributed by atoms with Crippen molar-refractivity contribution >= 4 is 167 Å². The Kier molecular flexibility index (Phi) is 14.9. The Balaban J connectivity index is 3.93. The Bertz CT molecular complexity index is 1230. The average Bonchev–Trinajstić information content (AvgIpc) is 2.86. The Hall–Kier alpha value is 1.42. The van der Waals surface area contributed by atoms with Crippen LogP contribution in [0.2, 0.25) is 0 Å². The number of halogens is 9. The maximum atomic E-state index is 13.7. The average molecular weight is 1170 g/mol. The molecule has 0 aliphatic rings. The van der Waals surface area contributed by atoms with Crippen LogP contribution in [0, 0.1) is 16.2 Å². The molecule has 0 amide bonds. The summed E-state index contributed by atoms with van der Waals surface area (Å²) in [5, 5.41) is 11.2. The number of benzene rings is 1. The van der Waals surface area contributed by atoms with Gasteiger partial charge in [0.15, 0.2) is 0 Å². The van der Waals surface area contributed by atoms with Crippen LogP contribution in [-0.4, -0.2) is 55.2 Å². The molecule has 0 radical (unpaired) electrons. The minimum absolute atomic E-state index is 0.380. The normalized spacial score (nSPS) is 13.4. The molecule has 0 spiro atoms. The third-order valence-electron chi connectivity index (χ3n) is 6.08. The van der Waals surface area contributed by atoms with Crippen molar-refractivity contribution in [3.8, 4) is 0 Å². The first-order valence-corrected chi connectivity index (χ1v) is 19.8. The minimum Gasteiger partial charge on any atom is -0.478 e. The van der Waals surface area contributed by atoms with E-state index in [1.807, 2.05) is 0 Å². The third kappa shape index (κ3) is 9.50. The van der Waals surface area contributed by atoms with Gasteiger partial charge in [-0.05, 0) is 108 Å². The van der Waals surface area contributed by atoms with Crippen molar-refractivity contribution in [1.82, 2.24) is 0 Å². The fourth-order valence-electron chi connectivity index (χ4n) is 2.45. The van der Waals surface area contributed by atoms with Crippen LogP contribution in [0.25, 0.3) is 0 Å². The van der Waals surface area contributed by atoms with Gasteiger partial charge in [0.1, 0.15) is 0 Å². The molecular formula is C25H27Br9O8. The topological polar surface area (TPSA) is 116 Å². The van der Waals surface area contributed by atoms with Crippen LogP contribution in [0.4, 0.5) is 0 Å². The number of rotatable bonds is 13. The second-order valence-electron chi connectivity index (χ2n) is 11.0. The van der Waals surface area contributed by atoms with Gasteiger partial charge < -0.3 is 19.3 Å². The number of alkyl halides is 9. The minimum atomic E-state index is -1.55. The van der Waals surface area contributed by atoms with Crippen LogP contribution >= 0.6 is 143 Å².